The molecule has 0 aromatic carbocycles. The van der Waals surface area contributed by atoms with Crippen LogP contribution in [-0.2, 0) is 17.5 Å². The fourth-order valence-corrected chi connectivity index (χ4v) is 4.36. The summed E-state index contributed by atoms with van der Waals surface area (Å²) in [5.74, 6) is -0.197. The van der Waals surface area contributed by atoms with Crippen LogP contribution in [0.3, 0.4) is 0 Å². The molecule has 0 N–H and O–H groups in total. The van der Waals surface area contributed by atoms with Gasteiger partial charge >= 0.3 is 12.3 Å². The largest absolute Gasteiger partial charge is 0.479 e. The van der Waals surface area contributed by atoms with Gasteiger partial charge in [-0.05, 0) is 45.6 Å². The van der Waals surface area contributed by atoms with Crippen LogP contribution in [0.25, 0.3) is 11.0 Å². The number of halogens is 3. The first-order valence-electron chi connectivity index (χ1n) is 11.7. The van der Waals surface area contributed by atoms with Crippen LogP contribution in [-0.4, -0.2) is 61.3 Å². The van der Waals surface area contributed by atoms with Crippen LogP contribution in [0.4, 0.5) is 18.0 Å². The van der Waals surface area contributed by atoms with Crippen LogP contribution in [0.5, 0.6) is 5.88 Å². The Morgan fingerprint density at radius 2 is 1.76 bits per heavy atom. The molecule has 3 aromatic rings. The van der Waals surface area contributed by atoms with Gasteiger partial charge in [0, 0.05) is 31.0 Å². The summed E-state index contributed by atoms with van der Waals surface area (Å²) in [7, 11) is 1.35. The Balaban J connectivity index is 1.74. The quantitative estimate of drug-likeness (QED) is 0.511. The Morgan fingerprint density at radius 1 is 1.08 bits per heavy atom. The second kappa shape index (κ2) is 9.94. The average molecular weight is 521 g/mol. The summed E-state index contributed by atoms with van der Waals surface area (Å²) >= 11 is 0. The van der Waals surface area contributed by atoms with Gasteiger partial charge in [0.25, 0.3) is 5.56 Å². The van der Waals surface area contributed by atoms with Gasteiger partial charge in [-0.3, -0.25) is 14.3 Å². The van der Waals surface area contributed by atoms with Crippen molar-refractivity contribution in [1.82, 2.24) is 29.4 Å². The summed E-state index contributed by atoms with van der Waals surface area (Å²) in [6.07, 6.45) is -0.887. The number of carbonyl (C=O) groups excluding carboxylic acids is 1. The number of hydrogen-bond donors (Lipinski definition) is 0. The minimum absolute atomic E-state index is 0.0471. The molecule has 0 bridgehead atoms. The second-order valence-electron chi connectivity index (χ2n) is 9.70. The van der Waals surface area contributed by atoms with Crippen LogP contribution in [0, 0.1) is 0 Å². The van der Waals surface area contributed by atoms with Gasteiger partial charge in [-0.2, -0.15) is 18.2 Å². The number of amides is 1. The molecule has 4 heterocycles. The summed E-state index contributed by atoms with van der Waals surface area (Å²) in [5, 5.41) is 0. The molecule has 0 saturated carbocycles. The summed E-state index contributed by atoms with van der Waals surface area (Å²) in [6, 6.07) is 1.62. The van der Waals surface area contributed by atoms with Crippen molar-refractivity contribution in [1.29, 1.82) is 0 Å². The summed E-state index contributed by atoms with van der Waals surface area (Å²) in [5.41, 5.74) is -1.85. The van der Waals surface area contributed by atoms with Crippen molar-refractivity contribution in [3.05, 3.63) is 52.1 Å². The average Bonchev–Trinajstić information content (AvgIpc) is 2.84. The monoisotopic (exact) mass is 520 g/mol. The Morgan fingerprint density at radius 3 is 2.38 bits per heavy atom. The van der Waals surface area contributed by atoms with E-state index < -0.39 is 41.4 Å². The molecule has 3 aromatic heterocycles. The van der Waals surface area contributed by atoms with Gasteiger partial charge in [-0.25, -0.2) is 14.8 Å². The van der Waals surface area contributed by atoms with Gasteiger partial charge < -0.3 is 14.4 Å². The smallest absolute Gasteiger partial charge is 0.435 e. The van der Waals surface area contributed by atoms with E-state index in [0.29, 0.717) is 37.0 Å². The normalized spacial score (nSPS) is 15.2. The molecule has 1 amide bonds. The molecule has 1 saturated heterocycles. The van der Waals surface area contributed by atoms with Gasteiger partial charge in [0.05, 0.1) is 24.9 Å². The summed E-state index contributed by atoms with van der Waals surface area (Å²) in [6.45, 7) is 5.58. The number of aromatic nitrogens is 5. The highest BCUT2D eigenvalue weighted by Gasteiger charge is 2.36. The molecular weight excluding hydrogens is 493 g/mol. The van der Waals surface area contributed by atoms with Gasteiger partial charge in [0.1, 0.15) is 17.4 Å². The maximum atomic E-state index is 13.7. The number of piperidine rings is 1. The fraction of sp³-hybridized carbons (Fsp3) is 0.500. The Labute approximate surface area is 210 Å². The summed E-state index contributed by atoms with van der Waals surface area (Å²) < 4.78 is 52.7. The van der Waals surface area contributed by atoms with E-state index in [1.807, 2.05) is 0 Å². The highest BCUT2D eigenvalue weighted by Crippen LogP contribution is 2.32. The Bertz CT molecular complexity index is 1360. The molecular formula is C24H27F3N6O4. The van der Waals surface area contributed by atoms with Crippen LogP contribution in [0.15, 0.2) is 29.6 Å². The fourth-order valence-electron chi connectivity index (χ4n) is 4.36. The molecule has 1 aliphatic rings. The number of nitrogens with zero attached hydrogens (tertiary/aromatic N) is 6. The van der Waals surface area contributed by atoms with E-state index in [0.717, 1.165) is 17.0 Å². The van der Waals surface area contributed by atoms with Crippen molar-refractivity contribution in [3.8, 4) is 5.88 Å². The van der Waals surface area contributed by atoms with E-state index >= 15 is 0 Å². The third kappa shape index (κ3) is 5.65. The van der Waals surface area contributed by atoms with Crippen molar-refractivity contribution in [2.24, 2.45) is 0 Å². The molecule has 0 atom stereocenters. The van der Waals surface area contributed by atoms with E-state index in [1.165, 1.54) is 13.4 Å². The lowest BCUT2D eigenvalue weighted by Gasteiger charge is -2.33. The van der Waals surface area contributed by atoms with Crippen molar-refractivity contribution < 1.29 is 27.4 Å². The number of fused-ring (bicyclic) bond motifs is 1. The lowest BCUT2D eigenvalue weighted by molar-refractivity contribution is -0.142. The second-order valence-corrected chi connectivity index (χ2v) is 9.70. The maximum Gasteiger partial charge on any atom is 0.435 e. The number of carbonyl (C=O) groups is 1. The molecule has 10 nitrogen and oxygen atoms in total. The first kappa shape index (κ1) is 26.3. The molecule has 0 unspecified atom stereocenters. The predicted octanol–water partition coefficient (Wildman–Crippen LogP) is 3.77. The molecule has 4 rings (SSSR count). The van der Waals surface area contributed by atoms with Crippen LogP contribution >= 0.6 is 0 Å². The summed E-state index contributed by atoms with van der Waals surface area (Å²) in [4.78, 5) is 43.4. The molecule has 0 spiro atoms. The molecule has 198 valence electrons. The van der Waals surface area contributed by atoms with Crippen molar-refractivity contribution >= 4 is 17.1 Å². The molecule has 0 aliphatic carbocycles. The van der Waals surface area contributed by atoms with Crippen LogP contribution in [0.1, 0.15) is 56.5 Å². The number of ether oxygens (including phenoxy) is 2. The van der Waals surface area contributed by atoms with Crippen molar-refractivity contribution in [2.45, 2.75) is 57.9 Å². The van der Waals surface area contributed by atoms with Gasteiger partial charge in [0.2, 0.25) is 5.88 Å². The van der Waals surface area contributed by atoms with Gasteiger partial charge in [0.15, 0.2) is 5.69 Å². The Kier molecular flexibility index (Phi) is 7.07. The molecule has 37 heavy (non-hydrogen) atoms. The van der Waals surface area contributed by atoms with Crippen LogP contribution in [0.2, 0.25) is 0 Å². The van der Waals surface area contributed by atoms with Gasteiger partial charge in [-0.15, -0.1) is 0 Å². The zero-order chi connectivity index (χ0) is 27.0. The maximum absolute atomic E-state index is 13.7. The SMILES string of the molecule is COc1ncnc2cc(C3CCN(C(=O)OC(C)(C)C)CC3)c(=O)n(Cc3nccnc3C(F)(F)F)c12. The van der Waals surface area contributed by atoms with E-state index in [2.05, 4.69) is 19.9 Å². The van der Waals surface area contributed by atoms with Gasteiger partial charge in [-0.1, -0.05) is 0 Å². The number of methoxy groups -OCH3 is 1. The van der Waals surface area contributed by atoms with E-state index in [-0.39, 0.29) is 17.3 Å². The standard InChI is InChI=1S/C24H27F3N6O4/c1-23(2,3)37-22(35)32-9-5-14(6-10-32)15-11-16-18(20(36-4)31-13-30-16)33(21(15)34)12-17-19(24(25,26)27)29-8-7-28-17/h7-8,11,13-14H,5-6,9-10,12H2,1-4H3. The van der Waals surface area contributed by atoms with Crippen molar-refractivity contribution in [2.75, 3.05) is 20.2 Å². The molecule has 1 aliphatic heterocycles. The Hall–Kier alpha value is -3.77. The number of likely N-dealkylation sites (tertiary alicyclic amines) is 1. The van der Waals surface area contributed by atoms with E-state index in [1.54, 1.807) is 31.7 Å². The number of hydrogen-bond acceptors (Lipinski definition) is 8. The third-order valence-electron chi connectivity index (χ3n) is 6.00. The number of alkyl halides is 3. The predicted molar refractivity (Wildman–Crippen MR) is 126 cm³/mol. The zero-order valence-corrected chi connectivity index (χ0v) is 20.9. The van der Waals surface area contributed by atoms with Crippen molar-refractivity contribution in [3.63, 3.8) is 0 Å². The molecule has 0 radical (unpaired) electrons. The topological polar surface area (TPSA) is 112 Å². The molecule has 13 heteroatoms. The highest BCUT2D eigenvalue weighted by atomic mass is 19.4. The first-order chi connectivity index (χ1) is 17.4. The lowest BCUT2D eigenvalue weighted by atomic mass is 9.90. The van der Waals surface area contributed by atoms with Crippen LogP contribution < -0.4 is 10.3 Å². The third-order valence-corrected chi connectivity index (χ3v) is 6.00. The lowest BCUT2D eigenvalue weighted by Crippen LogP contribution is -2.42. The first-order valence-corrected chi connectivity index (χ1v) is 11.7. The minimum atomic E-state index is -4.75. The highest BCUT2D eigenvalue weighted by molar-refractivity contribution is 5.80. The minimum Gasteiger partial charge on any atom is -0.479 e. The van der Waals surface area contributed by atoms with E-state index in [9.17, 15) is 22.8 Å². The number of pyridine rings is 1. The zero-order valence-electron chi connectivity index (χ0n) is 20.9. The van der Waals surface area contributed by atoms with E-state index in [4.69, 9.17) is 9.47 Å². The number of rotatable bonds is 4. The molecule has 1 fully saturated rings.